The molecule has 0 aliphatic carbocycles. The number of aliphatic hydroxyl groups excluding tert-OH is 3. The number of nitrogens with zero attached hydrogens (tertiary/aromatic N) is 3. The molecule has 1 aromatic rings. The number of epoxide rings is 1. The standard InChI is InChI=1S/C13H21N3O7/c1-20-13-12(19)11(18)10(17)9(23-13)3-16-2-7(14-15-16)4-21-5-8-6-22-8/h2,8-13,17-19H,3-6H2,1H3/t8?,9-,10+,11+,12-,13-/m1/s1. The molecule has 1 unspecified atom stereocenters. The lowest BCUT2D eigenvalue weighted by molar-refractivity contribution is -0.292. The molecule has 2 aliphatic rings. The number of methoxy groups -OCH3 is 1. The van der Waals surface area contributed by atoms with Crippen molar-refractivity contribution in [3.8, 4) is 0 Å². The summed E-state index contributed by atoms with van der Waals surface area (Å²) < 4.78 is 22.3. The van der Waals surface area contributed by atoms with E-state index in [1.54, 1.807) is 6.20 Å². The first kappa shape index (κ1) is 16.7. The van der Waals surface area contributed by atoms with Crippen LogP contribution in [0.25, 0.3) is 0 Å². The molecule has 0 radical (unpaired) electrons. The van der Waals surface area contributed by atoms with Gasteiger partial charge in [0, 0.05) is 7.11 Å². The van der Waals surface area contributed by atoms with Crippen molar-refractivity contribution in [2.45, 2.75) is 50.0 Å². The summed E-state index contributed by atoms with van der Waals surface area (Å²) in [7, 11) is 1.35. The third kappa shape index (κ3) is 4.04. The largest absolute Gasteiger partial charge is 0.388 e. The fourth-order valence-corrected chi connectivity index (χ4v) is 2.40. The van der Waals surface area contributed by atoms with E-state index in [1.165, 1.54) is 11.8 Å². The summed E-state index contributed by atoms with van der Waals surface area (Å²) in [6.07, 6.45) is -3.86. The molecule has 10 nitrogen and oxygen atoms in total. The molecule has 3 rings (SSSR count). The van der Waals surface area contributed by atoms with Crippen molar-refractivity contribution in [2.75, 3.05) is 20.3 Å². The summed E-state index contributed by atoms with van der Waals surface area (Å²) in [4.78, 5) is 0. The van der Waals surface area contributed by atoms with Gasteiger partial charge in [-0.3, -0.25) is 0 Å². The van der Waals surface area contributed by atoms with Gasteiger partial charge >= 0.3 is 0 Å². The van der Waals surface area contributed by atoms with Crippen molar-refractivity contribution < 1.29 is 34.3 Å². The Morgan fingerprint density at radius 1 is 1.30 bits per heavy atom. The van der Waals surface area contributed by atoms with Crippen LogP contribution in [0.15, 0.2) is 6.20 Å². The summed E-state index contributed by atoms with van der Waals surface area (Å²) >= 11 is 0. The van der Waals surface area contributed by atoms with Crippen molar-refractivity contribution in [3.63, 3.8) is 0 Å². The Kier molecular flexibility index (Phi) is 5.21. The van der Waals surface area contributed by atoms with E-state index >= 15 is 0 Å². The molecule has 10 heteroatoms. The topological polar surface area (TPSA) is 132 Å². The van der Waals surface area contributed by atoms with E-state index in [0.717, 1.165) is 6.61 Å². The second-order valence-electron chi connectivity index (χ2n) is 5.65. The lowest BCUT2D eigenvalue weighted by Gasteiger charge is -2.39. The zero-order valence-electron chi connectivity index (χ0n) is 12.7. The van der Waals surface area contributed by atoms with Crippen molar-refractivity contribution in [3.05, 3.63) is 11.9 Å². The summed E-state index contributed by atoms with van der Waals surface area (Å²) in [5, 5.41) is 37.5. The van der Waals surface area contributed by atoms with E-state index in [1.807, 2.05) is 0 Å². The summed E-state index contributed by atoms with van der Waals surface area (Å²) in [6.45, 7) is 1.73. The molecule has 130 valence electrons. The highest BCUT2D eigenvalue weighted by Crippen LogP contribution is 2.22. The average Bonchev–Trinajstić information content (AvgIpc) is 3.26. The van der Waals surface area contributed by atoms with Crippen molar-refractivity contribution in [1.29, 1.82) is 0 Å². The van der Waals surface area contributed by atoms with Gasteiger partial charge in [0.2, 0.25) is 0 Å². The smallest absolute Gasteiger partial charge is 0.186 e. The molecular formula is C13H21N3O7. The number of ether oxygens (including phenoxy) is 4. The number of rotatable bonds is 7. The Morgan fingerprint density at radius 2 is 2.09 bits per heavy atom. The van der Waals surface area contributed by atoms with Crippen molar-refractivity contribution in [1.82, 2.24) is 15.0 Å². The van der Waals surface area contributed by atoms with Gasteiger partial charge < -0.3 is 34.3 Å². The molecule has 0 spiro atoms. The number of hydrogen-bond donors (Lipinski definition) is 3. The highest BCUT2D eigenvalue weighted by atomic mass is 16.7. The monoisotopic (exact) mass is 331 g/mol. The minimum Gasteiger partial charge on any atom is -0.388 e. The molecule has 2 saturated heterocycles. The highest BCUT2D eigenvalue weighted by molar-refractivity contribution is 4.93. The fraction of sp³-hybridized carbons (Fsp3) is 0.846. The van der Waals surface area contributed by atoms with E-state index < -0.39 is 30.7 Å². The van der Waals surface area contributed by atoms with Gasteiger partial charge in [-0.25, -0.2) is 4.68 Å². The highest BCUT2D eigenvalue weighted by Gasteiger charge is 2.44. The Balaban J connectivity index is 1.54. The fourth-order valence-electron chi connectivity index (χ4n) is 2.40. The minimum absolute atomic E-state index is 0.156. The van der Waals surface area contributed by atoms with Crippen LogP contribution in [0.5, 0.6) is 0 Å². The zero-order chi connectivity index (χ0) is 16.4. The first-order valence-electron chi connectivity index (χ1n) is 7.39. The van der Waals surface area contributed by atoms with Gasteiger partial charge in [0.15, 0.2) is 6.29 Å². The second-order valence-corrected chi connectivity index (χ2v) is 5.65. The first-order chi connectivity index (χ1) is 11.1. The molecule has 1 aromatic heterocycles. The van der Waals surface area contributed by atoms with Gasteiger partial charge in [-0.15, -0.1) is 5.10 Å². The maximum Gasteiger partial charge on any atom is 0.186 e. The Morgan fingerprint density at radius 3 is 2.78 bits per heavy atom. The van der Waals surface area contributed by atoms with Gasteiger partial charge in [0.1, 0.15) is 36.2 Å². The molecule has 3 heterocycles. The van der Waals surface area contributed by atoms with Gasteiger partial charge in [0.05, 0.1) is 32.6 Å². The van der Waals surface area contributed by atoms with Crippen LogP contribution < -0.4 is 0 Å². The summed E-state index contributed by atoms with van der Waals surface area (Å²) in [5.41, 5.74) is 0.639. The lowest BCUT2D eigenvalue weighted by atomic mass is 9.99. The van der Waals surface area contributed by atoms with Gasteiger partial charge in [-0.2, -0.15) is 0 Å². The Bertz CT molecular complexity index is 508. The molecule has 23 heavy (non-hydrogen) atoms. The predicted octanol–water partition coefficient (Wildman–Crippen LogP) is -2.35. The van der Waals surface area contributed by atoms with E-state index in [-0.39, 0.29) is 12.6 Å². The number of hydrogen-bond acceptors (Lipinski definition) is 9. The van der Waals surface area contributed by atoms with Crippen LogP contribution in [0.1, 0.15) is 5.69 Å². The van der Waals surface area contributed by atoms with Gasteiger partial charge in [0.25, 0.3) is 0 Å². The third-order valence-corrected chi connectivity index (χ3v) is 3.81. The van der Waals surface area contributed by atoms with Crippen molar-refractivity contribution in [2.24, 2.45) is 0 Å². The van der Waals surface area contributed by atoms with Crippen LogP contribution in [0.3, 0.4) is 0 Å². The van der Waals surface area contributed by atoms with Crippen LogP contribution in [-0.2, 0) is 32.1 Å². The molecular weight excluding hydrogens is 310 g/mol. The van der Waals surface area contributed by atoms with Crippen LogP contribution in [0.4, 0.5) is 0 Å². The van der Waals surface area contributed by atoms with E-state index in [2.05, 4.69) is 10.3 Å². The summed E-state index contributed by atoms with van der Waals surface area (Å²) in [6, 6.07) is 0. The molecule has 2 aliphatic heterocycles. The molecule has 0 saturated carbocycles. The van der Waals surface area contributed by atoms with E-state index in [4.69, 9.17) is 18.9 Å². The molecule has 6 atom stereocenters. The molecule has 0 aromatic carbocycles. The predicted molar refractivity (Wildman–Crippen MR) is 73.1 cm³/mol. The van der Waals surface area contributed by atoms with Gasteiger partial charge in [-0.05, 0) is 0 Å². The normalized spacial score (nSPS) is 37.0. The summed E-state index contributed by atoms with van der Waals surface area (Å²) in [5.74, 6) is 0. The minimum atomic E-state index is -1.36. The molecule has 0 bridgehead atoms. The van der Waals surface area contributed by atoms with Crippen LogP contribution in [-0.4, -0.2) is 87.4 Å². The zero-order valence-corrected chi connectivity index (χ0v) is 12.7. The van der Waals surface area contributed by atoms with E-state index in [0.29, 0.717) is 18.9 Å². The van der Waals surface area contributed by atoms with Gasteiger partial charge in [-0.1, -0.05) is 5.21 Å². The first-order valence-corrected chi connectivity index (χ1v) is 7.39. The van der Waals surface area contributed by atoms with Crippen LogP contribution in [0.2, 0.25) is 0 Å². The average molecular weight is 331 g/mol. The maximum absolute atomic E-state index is 10.0. The Labute approximate surface area is 132 Å². The van der Waals surface area contributed by atoms with Crippen LogP contribution in [0, 0.1) is 0 Å². The number of aromatic nitrogens is 3. The molecule has 0 amide bonds. The lowest BCUT2D eigenvalue weighted by Crippen LogP contribution is -2.58. The maximum atomic E-state index is 10.0. The second kappa shape index (κ2) is 7.18. The SMILES string of the molecule is CO[C@@H]1O[C@H](Cn2cc(COCC3CO3)nn2)[C@H](O)[C@H](O)[C@H]1O. The molecule has 2 fully saturated rings. The Hall–Kier alpha value is -1.14. The van der Waals surface area contributed by atoms with Crippen molar-refractivity contribution >= 4 is 0 Å². The number of aliphatic hydroxyl groups is 3. The van der Waals surface area contributed by atoms with E-state index in [9.17, 15) is 15.3 Å². The third-order valence-electron chi connectivity index (χ3n) is 3.81. The van der Waals surface area contributed by atoms with Crippen LogP contribution >= 0.6 is 0 Å². The molecule has 3 N–H and O–H groups in total. The quantitative estimate of drug-likeness (QED) is 0.470.